The van der Waals surface area contributed by atoms with E-state index in [0.717, 1.165) is 51.5 Å². The fourth-order valence-corrected chi connectivity index (χ4v) is 9.35. The van der Waals surface area contributed by atoms with Gasteiger partial charge in [0.05, 0.1) is 12.2 Å². The van der Waals surface area contributed by atoms with Gasteiger partial charge >= 0.3 is 5.97 Å². The number of hydrogen-bond donors (Lipinski definition) is 2. The van der Waals surface area contributed by atoms with E-state index in [9.17, 15) is 15.0 Å². The second-order valence-electron chi connectivity index (χ2n) is 13.0. The molecule has 11 unspecified atom stereocenters. The van der Waals surface area contributed by atoms with Gasteiger partial charge in [-0.05, 0) is 85.9 Å². The molecular weight excluding hydrogens is 426 g/mol. The summed E-state index contributed by atoms with van der Waals surface area (Å²) in [7, 11) is 0. The van der Waals surface area contributed by atoms with Gasteiger partial charge in [-0.3, -0.25) is 9.79 Å². The SMILES string of the molecule is CC(=O)OC1C(O)C2C3CC=C4CC(O)CCC4(C)C3CCC2(C)C1C(C)C1=NCC(C)CC1. The van der Waals surface area contributed by atoms with Gasteiger partial charge in [-0.2, -0.15) is 0 Å². The van der Waals surface area contributed by atoms with Gasteiger partial charge in [0, 0.05) is 31.0 Å². The standard InChI is InChI=1S/C29H45NO4/c1-16-6-9-23(30-15-16)17(2)24-27(34-18(3)31)26(33)25-21-8-7-19-14-20(32)10-12-28(19,4)22(21)11-13-29(24,25)5/h7,16-17,20-22,24-27,32-33H,6,8-15H2,1-5H3. The first-order valence-corrected chi connectivity index (χ1v) is 13.8. The van der Waals surface area contributed by atoms with Gasteiger partial charge in [0.2, 0.25) is 0 Å². The zero-order valence-corrected chi connectivity index (χ0v) is 21.8. The van der Waals surface area contributed by atoms with E-state index in [0.29, 0.717) is 17.8 Å². The first kappa shape index (κ1) is 24.5. The smallest absolute Gasteiger partial charge is 0.303 e. The van der Waals surface area contributed by atoms with Crippen molar-refractivity contribution in [2.45, 2.75) is 104 Å². The molecule has 3 saturated carbocycles. The van der Waals surface area contributed by atoms with Gasteiger partial charge < -0.3 is 14.9 Å². The van der Waals surface area contributed by atoms with E-state index in [-0.39, 0.29) is 40.7 Å². The maximum atomic E-state index is 12.2. The van der Waals surface area contributed by atoms with Crippen molar-refractivity contribution in [3.63, 3.8) is 0 Å². The summed E-state index contributed by atoms with van der Waals surface area (Å²) in [6, 6.07) is 0. The molecule has 190 valence electrons. The van der Waals surface area contributed by atoms with Crippen molar-refractivity contribution < 1.29 is 19.7 Å². The first-order valence-electron chi connectivity index (χ1n) is 13.8. The minimum absolute atomic E-state index is 0.0818. The van der Waals surface area contributed by atoms with Crippen LogP contribution in [-0.2, 0) is 9.53 Å². The molecule has 0 aromatic carbocycles. The van der Waals surface area contributed by atoms with E-state index in [4.69, 9.17) is 9.73 Å². The Balaban J connectivity index is 1.51. The maximum Gasteiger partial charge on any atom is 0.303 e. The average Bonchev–Trinajstić information content (AvgIpc) is 3.00. The van der Waals surface area contributed by atoms with Crippen LogP contribution in [0.2, 0.25) is 0 Å². The number of carbonyl (C=O) groups excluding carboxylic acids is 1. The van der Waals surface area contributed by atoms with Crippen LogP contribution >= 0.6 is 0 Å². The largest absolute Gasteiger partial charge is 0.459 e. The molecule has 5 heteroatoms. The molecule has 2 N–H and O–H groups in total. The van der Waals surface area contributed by atoms with E-state index in [1.54, 1.807) is 0 Å². The molecule has 0 aromatic rings. The fourth-order valence-electron chi connectivity index (χ4n) is 9.35. The Kier molecular flexibility index (Phi) is 6.29. The Morgan fingerprint density at radius 2 is 1.97 bits per heavy atom. The highest BCUT2D eigenvalue weighted by molar-refractivity contribution is 5.87. The lowest BCUT2D eigenvalue weighted by molar-refractivity contribution is -0.155. The molecule has 1 aliphatic heterocycles. The number of nitrogens with zero attached hydrogens (tertiary/aromatic N) is 1. The molecule has 0 aromatic heterocycles. The number of fused-ring (bicyclic) bond motifs is 5. The zero-order valence-electron chi connectivity index (χ0n) is 21.8. The fraction of sp³-hybridized carbons (Fsp3) is 0.862. The maximum absolute atomic E-state index is 12.2. The van der Waals surface area contributed by atoms with E-state index < -0.39 is 12.2 Å². The number of rotatable bonds is 3. The highest BCUT2D eigenvalue weighted by atomic mass is 16.6. The van der Waals surface area contributed by atoms with Crippen LogP contribution in [-0.4, -0.2) is 46.8 Å². The molecule has 5 nitrogen and oxygen atoms in total. The molecule has 4 aliphatic carbocycles. The summed E-state index contributed by atoms with van der Waals surface area (Å²) in [5.41, 5.74) is 2.74. The van der Waals surface area contributed by atoms with E-state index in [1.165, 1.54) is 24.6 Å². The molecule has 0 radical (unpaired) electrons. The Morgan fingerprint density at radius 3 is 2.65 bits per heavy atom. The summed E-state index contributed by atoms with van der Waals surface area (Å²) in [5, 5.41) is 22.1. The Morgan fingerprint density at radius 1 is 1.21 bits per heavy atom. The second-order valence-corrected chi connectivity index (χ2v) is 13.0. The third-order valence-electron chi connectivity index (χ3n) is 11.1. The van der Waals surface area contributed by atoms with E-state index in [1.807, 2.05) is 0 Å². The molecule has 34 heavy (non-hydrogen) atoms. The van der Waals surface area contributed by atoms with Crippen LogP contribution in [0.5, 0.6) is 0 Å². The summed E-state index contributed by atoms with van der Waals surface area (Å²) < 4.78 is 5.96. The molecule has 0 amide bonds. The quantitative estimate of drug-likeness (QED) is 0.451. The number of esters is 1. The van der Waals surface area contributed by atoms with Crippen LogP contribution in [0.4, 0.5) is 0 Å². The number of hydrogen-bond acceptors (Lipinski definition) is 5. The van der Waals surface area contributed by atoms with Crippen LogP contribution in [0.3, 0.4) is 0 Å². The zero-order chi connectivity index (χ0) is 24.4. The number of aliphatic hydroxyl groups is 2. The first-order chi connectivity index (χ1) is 16.1. The molecule has 3 fully saturated rings. The van der Waals surface area contributed by atoms with Crippen LogP contribution < -0.4 is 0 Å². The van der Waals surface area contributed by atoms with Gasteiger partial charge in [-0.1, -0.05) is 39.3 Å². The molecule has 0 saturated heterocycles. The van der Waals surface area contributed by atoms with E-state index in [2.05, 4.69) is 33.8 Å². The van der Waals surface area contributed by atoms with Crippen molar-refractivity contribution in [3.8, 4) is 0 Å². The number of ether oxygens (including phenoxy) is 1. The van der Waals surface area contributed by atoms with Gasteiger partial charge in [0.15, 0.2) is 0 Å². The number of aliphatic hydroxyl groups excluding tert-OH is 2. The summed E-state index contributed by atoms with van der Waals surface area (Å²) >= 11 is 0. The highest BCUT2D eigenvalue weighted by Gasteiger charge is 2.66. The molecular formula is C29H45NO4. The van der Waals surface area contributed by atoms with Gasteiger partial charge in [0.25, 0.3) is 0 Å². The average molecular weight is 472 g/mol. The van der Waals surface area contributed by atoms with Gasteiger partial charge in [0.1, 0.15) is 6.10 Å². The van der Waals surface area contributed by atoms with Gasteiger partial charge in [-0.15, -0.1) is 0 Å². The minimum atomic E-state index is -0.634. The second kappa shape index (κ2) is 8.73. The van der Waals surface area contributed by atoms with Crippen LogP contribution in [0.15, 0.2) is 16.6 Å². The Hall–Kier alpha value is -1.20. The minimum Gasteiger partial charge on any atom is -0.459 e. The van der Waals surface area contributed by atoms with Gasteiger partial charge in [-0.25, -0.2) is 0 Å². The third-order valence-corrected chi connectivity index (χ3v) is 11.1. The number of allylic oxidation sites excluding steroid dienone is 1. The monoisotopic (exact) mass is 471 g/mol. The van der Waals surface area contributed by atoms with E-state index >= 15 is 0 Å². The van der Waals surface area contributed by atoms with Crippen molar-refractivity contribution in [2.75, 3.05) is 6.54 Å². The van der Waals surface area contributed by atoms with Crippen molar-refractivity contribution in [2.24, 2.45) is 51.3 Å². The Labute approximate surface area is 205 Å². The predicted molar refractivity (Wildman–Crippen MR) is 133 cm³/mol. The third kappa shape index (κ3) is 3.72. The molecule has 1 heterocycles. The topological polar surface area (TPSA) is 79.1 Å². The summed E-state index contributed by atoms with van der Waals surface area (Å²) in [5.74, 6) is 1.66. The lowest BCUT2D eigenvalue weighted by Gasteiger charge is -2.58. The Bertz CT molecular complexity index is 881. The molecule has 5 rings (SSSR count). The van der Waals surface area contributed by atoms with Crippen molar-refractivity contribution in [1.82, 2.24) is 0 Å². The van der Waals surface area contributed by atoms with Crippen molar-refractivity contribution >= 4 is 11.7 Å². The van der Waals surface area contributed by atoms with Crippen molar-refractivity contribution in [1.29, 1.82) is 0 Å². The normalized spacial score (nSPS) is 49.1. The van der Waals surface area contributed by atoms with Crippen molar-refractivity contribution in [3.05, 3.63) is 11.6 Å². The summed E-state index contributed by atoms with van der Waals surface area (Å²) in [6.07, 6.45) is 9.14. The highest BCUT2D eigenvalue weighted by Crippen LogP contribution is 2.67. The van der Waals surface area contributed by atoms with Crippen LogP contribution in [0.1, 0.15) is 86.0 Å². The van der Waals surface area contributed by atoms with Crippen LogP contribution in [0, 0.1) is 46.3 Å². The molecule has 0 bridgehead atoms. The lowest BCUT2D eigenvalue weighted by Crippen LogP contribution is -2.52. The predicted octanol–water partition coefficient (Wildman–Crippen LogP) is 4.95. The number of carbonyl (C=O) groups is 1. The summed E-state index contributed by atoms with van der Waals surface area (Å²) in [6.45, 7) is 11.7. The lowest BCUT2D eigenvalue weighted by atomic mass is 9.46. The molecule has 5 aliphatic rings. The number of aliphatic imine (C=N–C) groups is 1. The summed E-state index contributed by atoms with van der Waals surface area (Å²) in [4.78, 5) is 17.2. The molecule has 11 atom stereocenters. The molecule has 0 spiro atoms. The van der Waals surface area contributed by atoms with Crippen LogP contribution in [0.25, 0.3) is 0 Å².